The van der Waals surface area contributed by atoms with Crippen LogP contribution in [0, 0.1) is 4.77 Å². The summed E-state index contributed by atoms with van der Waals surface area (Å²) >= 11 is 5.24. The Bertz CT molecular complexity index is 794. The van der Waals surface area contributed by atoms with E-state index in [1.165, 1.54) is 0 Å². The fourth-order valence-corrected chi connectivity index (χ4v) is 4.47. The van der Waals surface area contributed by atoms with Crippen molar-refractivity contribution >= 4 is 27.8 Å². The molecule has 0 unspecified atom stereocenters. The van der Waals surface area contributed by atoms with Crippen LogP contribution in [0.15, 0.2) is 18.5 Å². The summed E-state index contributed by atoms with van der Waals surface area (Å²) in [5.41, 5.74) is 0. The van der Waals surface area contributed by atoms with Gasteiger partial charge in [-0.05, 0) is 31.8 Å². The SMILES string of the molecule is CN(Cn1c(=S)nc2ncccn21)[C@@H]1CCS(=O)(=O)C1. The van der Waals surface area contributed by atoms with E-state index < -0.39 is 9.84 Å². The molecule has 1 aliphatic heterocycles. The van der Waals surface area contributed by atoms with Crippen molar-refractivity contribution in [3.63, 3.8) is 0 Å². The van der Waals surface area contributed by atoms with Crippen LogP contribution in [0.5, 0.6) is 0 Å². The van der Waals surface area contributed by atoms with Gasteiger partial charge >= 0.3 is 0 Å². The third kappa shape index (κ3) is 2.48. The average molecular weight is 313 g/mol. The van der Waals surface area contributed by atoms with E-state index in [4.69, 9.17) is 12.2 Å². The summed E-state index contributed by atoms with van der Waals surface area (Å²) in [6, 6.07) is 1.84. The van der Waals surface area contributed by atoms with E-state index in [0.717, 1.165) is 0 Å². The van der Waals surface area contributed by atoms with E-state index in [1.54, 1.807) is 16.8 Å². The minimum absolute atomic E-state index is 0.0316. The number of hydrogen-bond acceptors (Lipinski definition) is 6. The maximum atomic E-state index is 11.5. The van der Waals surface area contributed by atoms with E-state index >= 15 is 0 Å². The Morgan fingerprint density at radius 2 is 2.35 bits per heavy atom. The van der Waals surface area contributed by atoms with Crippen molar-refractivity contribution in [2.45, 2.75) is 19.1 Å². The van der Waals surface area contributed by atoms with Crippen molar-refractivity contribution in [1.82, 2.24) is 24.1 Å². The van der Waals surface area contributed by atoms with Gasteiger partial charge in [0.1, 0.15) is 0 Å². The number of hydrogen-bond donors (Lipinski definition) is 0. The molecule has 7 nitrogen and oxygen atoms in total. The molecule has 0 radical (unpaired) electrons. The lowest BCUT2D eigenvalue weighted by atomic mass is 10.2. The third-order valence-electron chi connectivity index (χ3n) is 3.57. The second-order valence-electron chi connectivity index (χ2n) is 5.01. The number of aromatic nitrogens is 4. The molecule has 0 aliphatic carbocycles. The Hall–Kier alpha value is -1.32. The lowest BCUT2D eigenvalue weighted by Crippen LogP contribution is -2.35. The molecular formula is C11H15N5O2S2. The average Bonchev–Trinajstić information content (AvgIpc) is 2.91. The Kier molecular flexibility index (Phi) is 3.35. The Labute approximate surface area is 121 Å². The smallest absolute Gasteiger partial charge is 0.251 e. The van der Waals surface area contributed by atoms with Crippen LogP contribution < -0.4 is 0 Å². The van der Waals surface area contributed by atoms with Gasteiger partial charge in [-0.3, -0.25) is 4.90 Å². The first-order valence-corrected chi connectivity index (χ1v) is 8.50. The lowest BCUT2D eigenvalue weighted by molar-refractivity contribution is 0.192. The first-order valence-electron chi connectivity index (χ1n) is 6.27. The molecule has 0 N–H and O–H groups in total. The summed E-state index contributed by atoms with van der Waals surface area (Å²) in [5, 5.41) is 0. The van der Waals surface area contributed by atoms with Crippen LogP contribution in [0.2, 0.25) is 0 Å². The maximum Gasteiger partial charge on any atom is 0.251 e. The zero-order valence-corrected chi connectivity index (χ0v) is 12.6. The van der Waals surface area contributed by atoms with Gasteiger partial charge in [0, 0.05) is 18.4 Å². The highest BCUT2D eigenvalue weighted by molar-refractivity contribution is 7.91. The van der Waals surface area contributed by atoms with Crippen molar-refractivity contribution in [1.29, 1.82) is 0 Å². The largest absolute Gasteiger partial charge is 0.283 e. The predicted octanol–water partition coefficient (Wildman–Crippen LogP) is 0.337. The van der Waals surface area contributed by atoms with Crippen LogP contribution in [-0.2, 0) is 16.5 Å². The van der Waals surface area contributed by atoms with E-state index in [0.29, 0.717) is 23.6 Å². The summed E-state index contributed by atoms with van der Waals surface area (Å²) in [5.74, 6) is 1.03. The molecule has 0 aromatic carbocycles. The molecule has 3 heterocycles. The molecular weight excluding hydrogens is 298 g/mol. The van der Waals surface area contributed by atoms with E-state index in [2.05, 4.69) is 9.97 Å². The van der Waals surface area contributed by atoms with Gasteiger partial charge in [0.15, 0.2) is 9.84 Å². The van der Waals surface area contributed by atoms with Crippen molar-refractivity contribution in [3.05, 3.63) is 23.2 Å². The molecule has 1 saturated heterocycles. The first-order chi connectivity index (χ1) is 9.46. The van der Waals surface area contributed by atoms with Crippen molar-refractivity contribution in [2.75, 3.05) is 18.6 Å². The van der Waals surface area contributed by atoms with Gasteiger partial charge in [-0.2, -0.15) is 4.98 Å². The van der Waals surface area contributed by atoms with Gasteiger partial charge in [-0.1, -0.05) is 0 Å². The van der Waals surface area contributed by atoms with Crippen LogP contribution in [0.25, 0.3) is 5.78 Å². The zero-order chi connectivity index (χ0) is 14.3. The van der Waals surface area contributed by atoms with Gasteiger partial charge in [0.2, 0.25) is 4.77 Å². The van der Waals surface area contributed by atoms with E-state index in [9.17, 15) is 8.42 Å². The van der Waals surface area contributed by atoms with Crippen molar-refractivity contribution in [3.8, 4) is 0 Å². The second kappa shape index (κ2) is 4.90. The molecule has 1 fully saturated rings. The number of rotatable bonds is 3. The van der Waals surface area contributed by atoms with Gasteiger partial charge < -0.3 is 0 Å². The normalized spacial score (nSPS) is 21.8. The van der Waals surface area contributed by atoms with Crippen LogP contribution in [0.1, 0.15) is 6.42 Å². The monoisotopic (exact) mass is 313 g/mol. The summed E-state index contributed by atoms with van der Waals surface area (Å²) in [4.78, 5) is 10.3. The van der Waals surface area contributed by atoms with Gasteiger partial charge in [0.25, 0.3) is 5.78 Å². The van der Waals surface area contributed by atoms with Gasteiger partial charge in [-0.15, -0.1) is 0 Å². The zero-order valence-electron chi connectivity index (χ0n) is 11.0. The Morgan fingerprint density at radius 1 is 1.55 bits per heavy atom. The Morgan fingerprint density at radius 3 is 3.05 bits per heavy atom. The molecule has 0 bridgehead atoms. The molecule has 0 saturated carbocycles. The quantitative estimate of drug-likeness (QED) is 0.761. The standard InChI is InChI=1S/C11H15N5O2S2/c1-14(9-3-6-20(17,18)7-9)8-16-11(19)13-10-12-4-2-5-15(10)16/h2,4-5,9H,3,6-8H2,1H3/t9-/m1/s1. The highest BCUT2D eigenvalue weighted by Gasteiger charge is 2.30. The second-order valence-corrected chi connectivity index (χ2v) is 7.61. The Balaban J connectivity index is 1.86. The highest BCUT2D eigenvalue weighted by atomic mass is 32.2. The molecule has 3 rings (SSSR count). The minimum Gasteiger partial charge on any atom is -0.283 e. The number of sulfone groups is 1. The van der Waals surface area contributed by atoms with Crippen LogP contribution in [-0.4, -0.2) is 57.1 Å². The summed E-state index contributed by atoms with van der Waals surface area (Å²) < 4.78 is 27.1. The molecule has 0 spiro atoms. The maximum absolute atomic E-state index is 11.5. The summed E-state index contributed by atoms with van der Waals surface area (Å²) in [6.07, 6.45) is 4.17. The van der Waals surface area contributed by atoms with Crippen LogP contribution in [0.4, 0.5) is 0 Å². The van der Waals surface area contributed by atoms with Crippen LogP contribution in [0.3, 0.4) is 0 Å². The number of fused-ring (bicyclic) bond motifs is 1. The van der Waals surface area contributed by atoms with E-state index in [-0.39, 0.29) is 17.5 Å². The third-order valence-corrected chi connectivity index (χ3v) is 5.63. The van der Waals surface area contributed by atoms with E-state index in [1.807, 2.05) is 22.8 Å². The van der Waals surface area contributed by atoms with Gasteiger partial charge in [-0.25, -0.2) is 22.6 Å². The highest BCUT2D eigenvalue weighted by Crippen LogP contribution is 2.17. The molecule has 9 heteroatoms. The molecule has 0 amide bonds. The molecule has 2 aromatic heterocycles. The van der Waals surface area contributed by atoms with Crippen LogP contribution >= 0.6 is 12.2 Å². The minimum atomic E-state index is -2.88. The van der Waals surface area contributed by atoms with Gasteiger partial charge in [0.05, 0.1) is 18.2 Å². The summed E-state index contributed by atoms with van der Waals surface area (Å²) in [6.45, 7) is 0.492. The molecule has 108 valence electrons. The molecule has 1 aliphatic rings. The fraction of sp³-hybridized carbons (Fsp3) is 0.545. The summed E-state index contributed by atoms with van der Waals surface area (Å²) in [7, 11) is -0.978. The van der Waals surface area contributed by atoms with Crippen molar-refractivity contribution < 1.29 is 8.42 Å². The molecule has 20 heavy (non-hydrogen) atoms. The topological polar surface area (TPSA) is 72.5 Å². The first kappa shape index (κ1) is 13.7. The lowest BCUT2D eigenvalue weighted by Gasteiger charge is -2.23. The predicted molar refractivity (Wildman–Crippen MR) is 76.6 cm³/mol. The fourth-order valence-electron chi connectivity index (χ4n) is 2.44. The number of nitrogens with zero attached hydrogens (tertiary/aromatic N) is 5. The van der Waals surface area contributed by atoms with Crippen molar-refractivity contribution in [2.24, 2.45) is 0 Å². The molecule has 1 atom stereocenters. The molecule has 2 aromatic rings.